The van der Waals surface area contributed by atoms with Crippen LogP contribution in [0.25, 0.3) is 0 Å². The number of hydrogen-bond acceptors (Lipinski definition) is 0. The number of alkyl halides is 1. The topological polar surface area (TPSA) is 0 Å². The summed E-state index contributed by atoms with van der Waals surface area (Å²) in [6, 6.07) is 0. The molecule has 0 heterocycles. The average Bonchev–Trinajstić information content (AvgIpc) is 2.31. The molecule has 0 spiro atoms. The van der Waals surface area contributed by atoms with Crippen LogP contribution in [0.15, 0.2) is 23.8 Å². The van der Waals surface area contributed by atoms with E-state index < -0.39 is 0 Å². The first-order valence-electron chi connectivity index (χ1n) is 3.86. The van der Waals surface area contributed by atoms with E-state index in [-0.39, 0.29) is 5.38 Å². The van der Waals surface area contributed by atoms with Crippen LogP contribution in [0.5, 0.6) is 0 Å². The Morgan fingerprint density at radius 3 is 2.90 bits per heavy atom. The zero-order valence-electron chi connectivity index (χ0n) is 6.31. The molecule has 1 atom stereocenters. The molecule has 0 radical (unpaired) electrons. The molecule has 56 valence electrons. The van der Waals surface area contributed by atoms with Crippen molar-refractivity contribution in [3.63, 3.8) is 0 Å². The molecule has 1 unspecified atom stereocenters. The van der Waals surface area contributed by atoms with E-state index in [1.165, 1.54) is 24.8 Å². The summed E-state index contributed by atoms with van der Waals surface area (Å²) in [5.74, 6) is 0. The Kier molecular flexibility index (Phi) is 3.01. The maximum absolute atomic E-state index is 5.82. The Labute approximate surface area is 67.6 Å². The molecule has 0 fully saturated rings. The Balaban J connectivity index is 2.30. The lowest BCUT2D eigenvalue weighted by molar-refractivity contribution is 0.798. The third kappa shape index (κ3) is 2.18. The van der Waals surface area contributed by atoms with Crippen LogP contribution >= 0.6 is 11.6 Å². The van der Waals surface area contributed by atoms with Crippen molar-refractivity contribution in [2.75, 3.05) is 0 Å². The summed E-state index contributed by atoms with van der Waals surface area (Å²) in [7, 11) is 0. The summed E-state index contributed by atoms with van der Waals surface area (Å²) in [4.78, 5) is 0. The van der Waals surface area contributed by atoms with E-state index in [4.69, 9.17) is 11.6 Å². The van der Waals surface area contributed by atoms with Gasteiger partial charge >= 0.3 is 0 Å². The largest absolute Gasteiger partial charge is 0.114 e. The van der Waals surface area contributed by atoms with Crippen molar-refractivity contribution in [1.29, 1.82) is 0 Å². The Bertz CT molecular complexity index is 156. The molecule has 1 aliphatic carbocycles. The molecule has 0 aromatic heterocycles. The minimum absolute atomic E-state index is 0.159. The van der Waals surface area contributed by atoms with Crippen molar-refractivity contribution >= 4 is 11.6 Å². The van der Waals surface area contributed by atoms with Gasteiger partial charge in [0.2, 0.25) is 0 Å². The lowest BCUT2D eigenvalue weighted by Crippen LogP contribution is -1.80. The second-order valence-corrected chi connectivity index (χ2v) is 3.15. The van der Waals surface area contributed by atoms with Crippen LogP contribution < -0.4 is 0 Å². The van der Waals surface area contributed by atoms with Crippen LogP contribution in [0, 0.1) is 0 Å². The molecule has 0 aromatic carbocycles. The molecule has 0 bridgehead atoms. The Morgan fingerprint density at radius 1 is 1.60 bits per heavy atom. The maximum atomic E-state index is 5.82. The zero-order chi connectivity index (χ0) is 7.40. The first kappa shape index (κ1) is 7.87. The molecule has 0 aliphatic heterocycles. The molecule has 0 N–H and O–H groups in total. The monoisotopic (exact) mass is 156 g/mol. The Morgan fingerprint density at radius 2 is 2.40 bits per heavy atom. The number of rotatable bonds is 3. The first-order chi connectivity index (χ1) is 4.83. The van der Waals surface area contributed by atoms with Crippen LogP contribution in [-0.4, -0.2) is 5.38 Å². The predicted octanol–water partition coefficient (Wildman–Crippen LogP) is 3.28. The second kappa shape index (κ2) is 3.82. The van der Waals surface area contributed by atoms with E-state index in [0.29, 0.717) is 0 Å². The van der Waals surface area contributed by atoms with Gasteiger partial charge in [-0.3, -0.25) is 0 Å². The van der Waals surface area contributed by atoms with Crippen LogP contribution in [0.1, 0.15) is 26.2 Å². The highest BCUT2D eigenvalue weighted by molar-refractivity contribution is 6.23. The fourth-order valence-corrected chi connectivity index (χ4v) is 1.31. The van der Waals surface area contributed by atoms with Crippen LogP contribution in [0.2, 0.25) is 0 Å². The quantitative estimate of drug-likeness (QED) is 0.551. The van der Waals surface area contributed by atoms with Crippen molar-refractivity contribution in [3.05, 3.63) is 23.8 Å². The highest BCUT2D eigenvalue weighted by atomic mass is 35.5. The van der Waals surface area contributed by atoms with Crippen LogP contribution in [0.4, 0.5) is 0 Å². The molecular formula is C9H13Cl. The normalized spacial score (nSPS) is 23.4. The molecular weight excluding hydrogens is 144 g/mol. The van der Waals surface area contributed by atoms with Crippen molar-refractivity contribution in [1.82, 2.24) is 0 Å². The maximum Gasteiger partial charge on any atom is 0.0705 e. The van der Waals surface area contributed by atoms with Crippen molar-refractivity contribution in [3.8, 4) is 0 Å². The van der Waals surface area contributed by atoms with E-state index in [2.05, 4.69) is 19.1 Å². The standard InChI is InChI=1S/C9H13Cl/c1-2-3-4-8-5-6-9(10)7-8/h5-7,9H,2-4H2,1H3. The van der Waals surface area contributed by atoms with Gasteiger partial charge in [-0.1, -0.05) is 37.1 Å². The van der Waals surface area contributed by atoms with Crippen LogP contribution in [-0.2, 0) is 0 Å². The lowest BCUT2D eigenvalue weighted by atomic mass is 10.1. The molecule has 1 rings (SSSR count). The molecule has 0 amide bonds. The number of unbranched alkanes of at least 4 members (excludes halogenated alkanes) is 1. The molecule has 1 aliphatic rings. The van der Waals surface area contributed by atoms with Gasteiger partial charge in [0, 0.05) is 0 Å². The smallest absolute Gasteiger partial charge is 0.0705 e. The van der Waals surface area contributed by atoms with Gasteiger partial charge in [0.1, 0.15) is 0 Å². The van der Waals surface area contributed by atoms with Gasteiger partial charge in [0.25, 0.3) is 0 Å². The fraction of sp³-hybridized carbons (Fsp3) is 0.556. The molecule has 0 aromatic rings. The third-order valence-electron chi connectivity index (χ3n) is 1.69. The first-order valence-corrected chi connectivity index (χ1v) is 4.29. The second-order valence-electron chi connectivity index (χ2n) is 2.65. The minimum atomic E-state index is 0.159. The van der Waals surface area contributed by atoms with Gasteiger partial charge < -0.3 is 0 Å². The summed E-state index contributed by atoms with van der Waals surface area (Å²) in [6.45, 7) is 2.21. The van der Waals surface area contributed by atoms with E-state index in [1.54, 1.807) is 0 Å². The van der Waals surface area contributed by atoms with E-state index >= 15 is 0 Å². The highest BCUT2D eigenvalue weighted by Gasteiger charge is 2.03. The van der Waals surface area contributed by atoms with Crippen molar-refractivity contribution in [2.24, 2.45) is 0 Å². The molecule has 0 saturated heterocycles. The van der Waals surface area contributed by atoms with E-state index in [9.17, 15) is 0 Å². The number of allylic oxidation sites excluding steroid dienone is 4. The van der Waals surface area contributed by atoms with Gasteiger partial charge in [-0.25, -0.2) is 0 Å². The average molecular weight is 157 g/mol. The summed E-state index contributed by atoms with van der Waals surface area (Å²) >= 11 is 5.82. The highest BCUT2D eigenvalue weighted by Crippen LogP contribution is 2.19. The summed E-state index contributed by atoms with van der Waals surface area (Å²) in [6.07, 6.45) is 10.0. The van der Waals surface area contributed by atoms with Crippen molar-refractivity contribution < 1.29 is 0 Å². The zero-order valence-corrected chi connectivity index (χ0v) is 7.06. The molecule has 10 heavy (non-hydrogen) atoms. The van der Waals surface area contributed by atoms with Crippen LogP contribution in [0.3, 0.4) is 0 Å². The minimum Gasteiger partial charge on any atom is -0.114 e. The van der Waals surface area contributed by atoms with E-state index in [0.717, 1.165) is 0 Å². The van der Waals surface area contributed by atoms with Gasteiger partial charge in [0.05, 0.1) is 5.38 Å². The molecule has 0 nitrogen and oxygen atoms in total. The Hall–Kier alpha value is -0.230. The molecule has 0 saturated carbocycles. The van der Waals surface area contributed by atoms with E-state index in [1.807, 2.05) is 6.08 Å². The van der Waals surface area contributed by atoms with Gasteiger partial charge in [-0.05, 0) is 12.8 Å². The number of halogens is 1. The number of hydrogen-bond donors (Lipinski definition) is 0. The molecule has 1 heteroatoms. The SMILES string of the molecule is CCCCC1=CC(Cl)C=C1. The lowest BCUT2D eigenvalue weighted by Gasteiger charge is -1.94. The van der Waals surface area contributed by atoms with Crippen molar-refractivity contribution in [2.45, 2.75) is 31.6 Å². The summed E-state index contributed by atoms with van der Waals surface area (Å²) in [5, 5.41) is 0.159. The van der Waals surface area contributed by atoms with Gasteiger partial charge in [0.15, 0.2) is 0 Å². The third-order valence-corrected chi connectivity index (χ3v) is 1.96. The summed E-state index contributed by atoms with van der Waals surface area (Å²) in [5.41, 5.74) is 1.40. The predicted molar refractivity (Wildman–Crippen MR) is 46.4 cm³/mol. The fourth-order valence-electron chi connectivity index (χ4n) is 1.08. The van der Waals surface area contributed by atoms with Gasteiger partial charge in [-0.2, -0.15) is 0 Å². The van der Waals surface area contributed by atoms with Gasteiger partial charge in [-0.15, -0.1) is 11.6 Å². The summed E-state index contributed by atoms with van der Waals surface area (Å²) < 4.78 is 0.